The molecule has 6 heteroatoms. The van der Waals surface area contributed by atoms with Gasteiger partial charge in [0.2, 0.25) is 5.91 Å². The maximum Gasteiger partial charge on any atom is 0.222 e. The first-order valence-electron chi connectivity index (χ1n) is 6.98. The lowest BCUT2D eigenvalue weighted by atomic mass is 10.0. The number of ether oxygens (including phenoxy) is 1. The van der Waals surface area contributed by atoms with Crippen LogP contribution in [0.15, 0.2) is 0 Å². The molecule has 0 radical (unpaired) electrons. The summed E-state index contributed by atoms with van der Waals surface area (Å²) in [6.07, 6.45) is 2.75. The van der Waals surface area contributed by atoms with Gasteiger partial charge in [0.15, 0.2) is 0 Å². The molecule has 6 N–H and O–H groups in total. The van der Waals surface area contributed by atoms with E-state index >= 15 is 0 Å². The zero-order valence-electron chi connectivity index (χ0n) is 12.4. The van der Waals surface area contributed by atoms with Crippen LogP contribution in [0.25, 0.3) is 0 Å². The van der Waals surface area contributed by atoms with E-state index in [1.165, 1.54) is 0 Å². The van der Waals surface area contributed by atoms with Crippen LogP contribution in [0.4, 0.5) is 0 Å². The zero-order valence-corrected chi connectivity index (χ0v) is 12.4. The minimum absolute atomic E-state index is 0.135. The first-order chi connectivity index (χ1) is 8.96. The second kappa shape index (κ2) is 10.1. The van der Waals surface area contributed by atoms with Crippen LogP contribution in [0.1, 0.15) is 39.5 Å². The number of carbonyl (C=O) groups is 1. The van der Waals surface area contributed by atoms with Gasteiger partial charge < -0.3 is 26.8 Å². The first-order valence-corrected chi connectivity index (χ1v) is 6.98. The Labute approximate surface area is 116 Å². The maximum atomic E-state index is 12.2. The van der Waals surface area contributed by atoms with E-state index in [-0.39, 0.29) is 18.2 Å². The van der Waals surface area contributed by atoms with Crippen molar-refractivity contribution >= 4 is 5.91 Å². The normalized spacial score (nSPS) is 11.6. The van der Waals surface area contributed by atoms with Crippen molar-refractivity contribution in [3.63, 3.8) is 0 Å². The lowest BCUT2D eigenvalue weighted by Crippen LogP contribution is -2.36. The summed E-state index contributed by atoms with van der Waals surface area (Å²) in [7, 11) is 0. The first kappa shape index (κ1) is 18.3. The van der Waals surface area contributed by atoms with Crippen molar-refractivity contribution in [3.05, 3.63) is 0 Å². The lowest BCUT2D eigenvalue weighted by Gasteiger charge is -2.27. The standard InChI is InChI=1S/C13H30N4O2/c1-13(2,19-11-16)6-5-12(18)17(9-3-7-14)10-4-8-15/h3-11,14-16H2,1-2H3. The fraction of sp³-hybridized carbons (Fsp3) is 0.923. The number of hydrogen-bond donors (Lipinski definition) is 3. The monoisotopic (exact) mass is 274 g/mol. The van der Waals surface area contributed by atoms with Crippen LogP contribution in [-0.4, -0.2) is 49.3 Å². The molecule has 1 amide bonds. The predicted molar refractivity (Wildman–Crippen MR) is 77.4 cm³/mol. The zero-order chi connectivity index (χ0) is 14.7. The molecule has 0 saturated heterocycles. The molecule has 0 spiro atoms. The van der Waals surface area contributed by atoms with Crippen molar-refractivity contribution in [3.8, 4) is 0 Å². The summed E-state index contributed by atoms with van der Waals surface area (Å²) in [5, 5.41) is 0. The average Bonchev–Trinajstić information content (AvgIpc) is 2.36. The highest BCUT2D eigenvalue weighted by molar-refractivity contribution is 5.76. The van der Waals surface area contributed by atoms with E-state index in [1.54, 1.807) is 0 Å². The van der Waals surface area contributed by atoms with Gasteiger partial charge >= 0.3 is 0 Å². The van der Waals surface area contributed by atoms with Gasteiger partial charge in [-0.15, -0.1) is 0 Å². The Morgan fingerprint density at radius 3 is 2.05 bits per heavy atom. The third-order valence-corrected chi connectivity index (χ3v) is 3.03. The van der Waals surface area contributed by atoms with Gasteiger partial charge in [-0.25, -0.2) is 0 Å². The molecular weight excluding hydrogens is 244 g/mol. The van der Waals surface area contributed by atoms with Gasteiger partial charge in [0.05, 0.1) is 12.3 Å². The molecular formula is C13H30N4O2. The van der Waals surface area contributed by atoms with E-state index in [1.807, 2.05) is 18.7 Å². The van der Waals surface area contributed by atoms with E-state index in [0.29, 0.717) is 39.0 Å². The maximum absolute atomic E-state index is 12.2. The summed E-state index contributed by atoms with van der Waals surface area (Å²) >= 11 is 0. The Morgan fingerprint density at radius 2 is 1.63 bits per heavy atom. The SMILES string of the molecule is CC(C)(CCC(=O)N(CCCN)CCCN)OCN. The van der Waals surface area contributed by atoms with E-state index in [2.05, 4.69) is 0 Å². The lowest BCUT2D eigenvalue weighted by molar-refractivity contribution is -0.133. The number of nitrogens with zero attached hydrogens (tertiary/aromatic N) is 1. The van der Waals surface area contributed by atoms with Crippen molar-refractivity contribution in [2.24, 2.45) is 17.2 Å². The van der Waals surface area contributed by atoms with E-state index in [4.69, 9.17) is 21.9 Å². The van der Waals surface area contributed by atoms with Gasteiger partial charge in [0.1, 0.15) is 0 Å². The molecule has 0 atom stereocenters. The third kappa shape index (κ3) is 8.93. The largest absolute Gasteiger partial charge is 0.361 e. The van der Waals surface area contributed by atoms with Gasteiger partial charge in [-0.05, 0) is 46.2 Å². The highest BCUT2D eigenvalue weighted by atomic mass is 16.5. The van der Waals surface area contributed by atoms with Crippen LogP contribution in [-0.2, 0) is 9.53 Å². The Hall–Kier alpha value is -0.690. The predicted octanol–water partition coefficient (Wildman–Crippen LogP) is 0.00420. The summed E-state index contributed by atoms with van der Waals surface area (Å²) in [6, 6.07) is 0. The molecule has 0 aromatic rings. The van der Waals surface area contributed by atoms with Gasteiger partial charge in [-0.3, -0.25) is 4.79 Å². The summed E-state index contributed by atoms with van der Waals surface area (Å²) in [5.74, 6) is 0.135. The van der Waals surface area contributed by atoms with E-state index in [9.17, 15) is 4.79 Å². The Morgan fingerprint density at radius 1 is 1.11 bits per heavy atom. The molecule has 6 nitrogen and oxygen atoms in total. The number of carbonyl (C=O) groups excluding carboxylic acids is 1. The summed E-state index contributed by atoms with van der Waals surface area (Å²) in [5.41, 5.74) is 16.0. The van der Waals surface area contributed by atoms with Crippen LogP contribution < -0.4 is 17.2 Å². The van der Waals surface area contributed by atoms with Gasteiger partial charge in [-0.1, -0.05) is 0 Å². The molecule has 0 rings (SSSR count). The molecule has 0 fully saturated rings. The average molecular weight is 274 g/mol. The Kier molecular flexibility index (Phi) is 9.77. The topological polar surface area (TPSA) is 108 Å². The third-order valence-electron chi connectivity index (χ3n) is 3.03. The van der Waals surface area contributed by atoms with Crippen molar-refractivity contribution in [1.82, 2.24) is 4.90 Å². The fourth-order valence-corrected chi connectivity index (χ4v) is 1.79. The minimum Gasteiger partial charge on any atom is -0.361 e. The van der Waals surface area contributed by atoms with Crippen LogP contribution in [0.2, 0.25) is 0 Å². The van der Waals surface area contributed by atoms with Crippen LogP contribution in [0, 0.1) is 0 Å². The number of amides is 1. The van der Waals surface area contributed by atoms with Crippen molar-refractivity contribution in [2.75, 3.05) is 32.9 Å². The minimum atomic E-state index is -0.363. The number of rotatable bonds is 11. The van der Waals surface area contributed by atoms with Crippen LogP contribution in [0.5, 0.6) is 0 Å². The van der Waals surface area contributed by atoms with Crippen molar-refractivity contribution < 1.29 is 9.53 Å². The molecule has 0 aromatic carbocycles. The molecule has 0 unspecified atom stereocenters. The molecule has 0 heterocycles. The summed E-state index contributed by atoms with van der Waals surface area (Å²) in [6.45, 7) is 6.64. The second-order valence-corrected chi connectivity index (χ2v) is 5.24. The van der Waals surface area contributed by atoms with Crippen LogP contribution >= 0.6 is 0 Å². The molecule has 0 aliphatic rings. The molecule has 0 aliphatic heterocycles. The molecule has 0 saturated carbocycles. The smallest absolute Gasteiger partial charge is 0.222 e. The number of nitrogens with two attached hydrogens (primary N) is 3. The highest BCUT2D eigenvalue weighted by Crippen LogP contribution is 2.17. The molecule has 0 bridgehead atoms. The van der Waals surface area contributed by atoms with Crippen LogP contribution in [0.3, 0.4) is 0 Å². The van der Waals surface area contributed by atoms with Gasteiger partial charge in [0, 0.05) is 19.5 Å². The van der Waals surface area contributed by atoms with Crippen molar-refractivity contribution in [2.45, 2.75) is 45.1 Å². The summed E-state index contributed by atoms with van der Waals surface area (Å²) in [4.78, 5) is 14.0. The molecule has 0 aliphatic carbocycles. The Bertz CT molecular complexity index is 239. The molecule has 0 aromatic heterocycles. The quantitative estimate of drug-likeness (QED) is 0.460. The Balaban J connectivity index is 4.21. The van der Waals surface area contributed by atoms with Gasteiger partial charge in [-0.2, -0.15) is 0 Å². The fourth-order valence-electron chi connectivity index (χ4n) is 1.79. The molecule has 19 heavy (non-hydrogen) atoms. The van der Waals surface area contributed by atoms with E-state index < -0.39 is 0 Å². The van der Waals surface area contributed by atoms with Crippen molar-refractivity contribution in [1.29, 1.82) is 0 Å². The highest BCUT2D eigenvalue weighted by Gasteiger charge is 2.21. The summed E-state index contributed by atoms with van der Waals surface area (Å²) < 4.78 is 5.39. The number of hydrogen-bond acceptors (Lipinski definition) is 5. The second-order valence-electron chi connectivity index (χ2n) is 5.24. The van der Waals surface area contributed by atoms with Gasteiger partial charge in [0.25, 0.3) is 0 Å². The van der Waals surface area contributed by atoms with E-state index in [0.717, 1.165) is 12.8 Å². The molecule has 114 valence electrons.